The van der Waals surface area contributed by atoms with E-state index in [0.29, 0.717) is 17.1 Å². The zero-order valence-corrected chi connectivity index (χ0v) is 19.3. The van der Waals surface area contributed by atoms with Crippen molar-refractivity contribution in [3.63, 3.8) is 0 Å². The lowest BCUT2D eigenvalue weighted by atomic mass is 9.81. The molecule has 1 aromatic carbocycles. The molecule has 1 aliphatic rings. The number of fused-ring (bicyclic) bond motifs is 1. The molecule has 0 fully saturated rings. The number of nitrogens with zero attached hydrogens (tertiary/aromatic N) is 1. The molecule has 8 heteroatoms. The molecule has 27 heavy (non-hydrogen) atoms. The standard InChI is InChI=1S/C19H17Br3N2O3/c1-9(2)27-18-14-12(7-8-23-18)24-16(17(21)22)15(19(25)26)13(14)10-5-3-4-6-11(10)20/h3-9,13,17,24H,1-2H3,(H,25,26). The number of halogens is 3. The van der Waals surface area contributed by atoms with Gasteiger partial charge in [-0.1, -0.05) is 66.0 Å². The van der Waals surface area contributed by atoms with Crippen molar-refractivity contribution in [1.29, 1.82) is 0 Å². The fourth-order valence-electron chi connectivity index (χ4n) is 3.10. The molecule has 0 saturated carbocycles. The number of anilines is 1. The summed E-state index contributed by atoms with van der Waals surface area (Å²) in [6, 6.07) is 9.42. The summed E-state index contributed by atoms with van der Waals surface area (Å²) in [6.07, 6.45) is 1.56. The van der Waals surface area contributed by atoms with E-state index in [9.17, 15) is 9.90 Å². The van der Waals surface area contributed by atoms with Gasteiger partial charge >= 0.3 is 5.97 Å². The minimum atomic E-state index is -1.01. The number of ether oxygens (including phenoxy) is 1. The largest absolute Gasteiger partial charge is 0.478 e. The Morgan fingerprint density at radius 1 is 1.26 bits per heavy atom. The highest BCUT2D eigenvalue weighted by Crippen LogP contribution is 2.48. The maximum Gasteiger partial charge on any atom is 0.334 e. The first kappa shape index (κ1) is 20.4. The third kappa shape index (κ3) is 4.07. The van der Waals surface area contributed by atoms with Crippen LogP contribution in [0, 0.1) is 0 Å². The van der Waals surface area contributed by atoms with Crippen LogP contribution in [0.2, 0.25) is 0 Å². The summed E-state index contributed by atoms with van der Waals surface area (Å²) < 4.78 is 6.39. The highest BCUT2D eigenvalue weighted by atomic mass is 79.9. The Hall–Kier alpha value is -1.38. The topological polar surface area (TPSA) is 71.5 Å². The van der Waals surface area contributed by atoms with E-state index in [-0.39, 0.29) is 15.4 Å². The van der Waals surface area contributed by atoms with E-state index in [1.807, 2.05) is 44.2 Å². The van der Waals surface area contributed by atoms with Gasteiger partial charge in [-0.15, -0.1) is 0 Å². The number of carboxylic acid groups (broad SMARTS) is 1. The molecule has 142 valence electrons. The monoisotopic (exact) mass is 558 g/mol. The molecule has 0 saturated heterocycles. The Morgan fingerprint density at radius 2 is 1.96 bits per heavy atom. The number of carbonyl (C=O) groups is 1. The van der Waals surface area contributed by atoms with E-state index in [0.717, 1.165) is 15.7 Å². The zero-order valence-electron chi connectivity index (χ0n) is 14.5. The Morgan fingerprint density at radius 3 is 2.56 bits per heavy atom. The van der Waals surface area contributed by atoms with Gasteiger partial charge in [0.1, 0.15) is 3.74 Å². The predicted molar refractivity (Wildman–Crippen MR) is 116 cm³/mol. The summed E-state index contributed by atoms with van der Waals surface area (Å²) in [7, 11) is 0. The molecule has 2 N–H and O–H groups in total. The van der Waals surface area contributed by atoms with E-state index in [1.165, 1.54) is 0 Å². The van der Waals surface area contributed by atoms with Gasteiger partial charge in [0.05, 0.1) is 28.9 Å². The van der Waals surface area contributed by atoms with Gasteiger partial charge in [-0.05, 0) is 31.5 Å². The van der Waals surface area contributed by atoms with Crippen molar-refractivity contribution in [2.45, 2.75) is 29.6 Å². The van der Waals surface area contributed by atoms with Gasteiger partial charge in [-0.25, -0.2) is 9.78 Å². The van der Waals surface area contributed by atoms with E-state index in [4.69, 9.17) is 4.74 Å². The Labute approximate surface area is 182 Å². The summed E-state index contributed by atoms with van der Waals surface area (Å²) in [6.45, 7) is 3.83. The Balaban J connectivity index is 2.34. The van der Waals surface area contributed by atoms with Crippen LogP contribution < -0.4 is 10.1 Å². The first-order valence-corrected chi connectivity index (χ1v) is 10.9. The molecule has 2 aromatic rings. The molecule has 1 aromatic heterocycles. The lowest BCUT2D eigenvalue weighted by molar-refractivity contribution is -0.133. The van der Waals surface area contributed by atoms with Crippen LogP contribution in [-0.2, 0) is 4.79 Å². The number of hydrogen-bond donors (Lipinski definition) is 2. The third-order valence-corrected chi connectivity index (χ3v) is 5.74. The van der Waals surface area contributed by atoms with Gasteiger partial charge < -0.3 is 15.2 Å². The second-order valence-corrected chi connectivity index (χ2v) is 10.2. The summed E-state index contributed by atoms with van der Waals surface area (Å²) in [4.78, 5) is 16.7. The predicted octanol–water partition coefficient (Wildman–Crippen LogP) is 5.64. The van der Waals surface area contributed by atoms with Crippen molar-refractivity contribution in [3.8, 4) is 5.88 Å². The molecule has 0 spiro atoms. The van der Waals surface area contributed by atoms with Crippen LogP contribution in [-0.4, -0.2) is 25.9 Å². The molecule has 0 aliphatic carbocycles. The van der Waals surface area contributed by atoms with Crippen molar-refractivity contribution >= 4 is 59.4 Å². The number of nitrogens with one attached hydrogen (secondary N) is 1. The van der Waals surface area contributed by atoms with Crippen LogP contribution in [0.4, 0.5) is 5.69 Å². The second-order valence-electron chi connectivity index (χ2n) is 6.26. The van der Waals surface area contributed by atoms with Crippen LogP contribution >= 0.6 is 47.8 Å². The van der Waals surface area contributed by atoms with Crippen molar-refractivity contribution in [2.75, 3.05) is 5.32 Å². The number of aliphatic carboxylic acids is 1. The molecule has 1 atom stereocenters. The number of pyridine rings is 1. The molecule has 0 amide bonds. The minimum absolute atomic E-state index is 0.0948. The average molecular weight is 561 g/mol. The van der Waals surface area contributed by atoms with Gasteiger partial charge in [0, 0.05) is 16.4 Å². The number of aromatic nitrogens is 1. The second kappa shape index (κ2) is 8.32. The number of rotatable bonds is 5. The molecular formula is C19H17Br3N2O3. The number of benzene rings is 1. The molecule has 1 unspecified atom stereocenters. The smallest absolute Gasteiger partial charge is 0.334 e. The Bertz CT molecular complexity index is 913. The minimum Gasteiger partial charge on any atom is -0.478 e. The van der Waals surface area contributed by atoms with Crippen molar-refractivity contribution < 1.29 is 14.6 Å². The van der Waals surface area contributed by atoms with E-state index in [2.05, 4.69) is 58.1 Å². The fourth-order valence-corrected chi connectivity index (χ4v) is 4.34. The summed E-state index contributed by atoms with van der Waals surface area (Å²) in [5.41, 5.74) is 3.08. The first-order valence-electron chi connectivity index (χ1n) is 8.23. The quantitative estimate of drug-likeness (QED) is 0.463. The number of alkyl halides is 2. The SMILES string of the molecule is CC(C)Oc1nccc2c1C(c1ccccc1Br)C(C(=O)O)=C(C(Br)Br)N2. The molecule has 0 bridgehead atoms. The van der Waals surface area contributed by atoms with Crippen LogP contribution in [0.15, 0.2) is 52.3 Å². The Kier molecular flexibility index (Phi) is 6.28. The van der Waals surface area contributed by atoms with Gasteiger partial charge in [0.15, 0.2) is 0 Å². The van der Waals surface area contributed by atoms with Crippen molar-refractivity contribution in [2.24, 2.45) is 0 Å². The number of hydrogen-bond acceptors (Lipinski definition) is 4. The summed E-state index contributed by atoms with van der Waals surface area (Å²) in [5, 5.41) is 13.3. The van der Waals surface area contributed by atoms with E-state index in [1.54, 1.807) is 6.20 Å². The molecule has 3 rings (SSSR count). The third-order valence-electron chi connectivity index (χ3n) is 4.10. The first-order chi connectivity index (χ1) is 12.8. The van der Waals surface area contributed by atoms with Crippen LogP contribution in [0.1, 0.15) is 30.9 Å². The number of carboxylic acids is 1. The number of allylic oxidation sites excluding steroid dienone is 1. The summed E-state index contributed by atoms with van der Waals surface area (Å²) in [5.74, 6) is -1.13. The average Bonchev–Trinajstić information content (AvgIpc) is 2.60. The lowest BCUT2D eigenvalue weighted by Gasteiger charge is -2.32. The van der Waals surface area contributed by atoms with Gasteiger partial charge in [-0.3, -0.25) is 0 Å². The van der Waals surface area contributed by atoms with Gasteiger partial charge in [0.25, 0.3) is 0 Å². The lowest BCUT2D eigenvalue weighted by Crippen LogP contribution is -2.27. The van der Waals surface area contributed by atoms with Crippen LogP contribution in [0.5, 0.6) is 5.88 Å². The fraction of sp³-hybridized carbons (Fsp3) is 0.263. The van der Waals surface area contributed by atoms with Gasteiger partial charge in [0.2, 0.25) is 5.88 Å². The van der Waals surface area contributed by atoms with Gasteiger partial charge in [-0.2, -0.15) is 0 Å². The maximum absolute atomic E-state index is 12.3. The van der Waals surface area contributed by atoms with Crippen LogP contribution in [0.25, 0.3) is 0 Å². The van der Waals surface area contributed by atoms with Crippen LogP contribution in [0.3, 0.4) is 0 Å². The van der Waals surface area contributed by atoms with Crippen molar-refractivity contribution in [3.05, 3.63) is 63.4 Å². The molecular weight excluding hydrogens is 544 g/mol. The molecule has 5 nitrogen and oxygen atoms in total. The molecule has 0 radical (unpaired) electrons. The zero-order chi connectivity index (χ0) is 19.7. The highest BCUT2D eigenvalue weighted by molar-refractivity contribution is 9.24. The summed E-state index contributed by atoms with van der Waals surface area (Å²) >= 11 is 10.5. The molecule has 2 heterocycles. The molecule has 1 aliphatic heterocycles. The maximum atomic E-state index is 12.3. The highest BCUT2D eigenvalue weighted by Gasteiger charge is 2.38. The van der Waals surface area contributed by atoms with Crippen molar-refractivity contribution in [1.82, 2.24) is 4.98 Å². The normalized spacial score (nSPS) is 16.3. The van der Waals surface area contributed by atoms with E-state index < -0.39 is 11.9 Å². The van der Waals surface area contributed by atoms with E-state index >= 15 is 0 Å².